The average molecular weight is 363 g/mol. The number of carbonyl (C=O) groups is 2. The molecule has 0 saturated heterocycles. The van der Waals surface area contributed by atoms with Gasteiger partial charge in [0.25, 0.3) is 5.91 Å². The van der Waals surface area contributed by atoms with Gasteiger partial charge in [0.05, 0.1) is 19.1 Å². The Morgan fingerprint density at radius 1 is 1.04 bits per heavy atom. The van der Waals surface area contributed by atoms with Crippen LogP contribution in [0.1, 0.15) is 62.7 Å². The van der Waals surface area contributed by atoms with E-state index < -0.39 is 5.97 Å². The molecule has 0 heterocycles. The standard InChI is InChI=1S/C20H29NO5/c1-3-11-25-17-10-7-15(13-18(17)26-12-4-2)19(22)21-16-8-5-14(6-9-16)20(23)24/h7,10,13-14,16H,3-6,8-9,11-12H2,1-2H3,(H,21,22)(H,23,24). The molecule has 6 nitrogen and oxygen atoms in total. The van der Waals surface area contributed by atoms with Gasteiger partial charge < -0.3 is 19.9 Å². The lowest BCUT2D eigenvalue weighted by Crippen LogP contribution is -2.38. The molecule has 0 bridgehead atoms. The normalized spacial score (nSPS) is 19.6. The van der Waals surface area contributed by atoms with Gasteiger partial charge in [-0.25, -0.2) is 0 Å². The summed E-state index contributed by atoms with van der Waals surface area (Å²) in [5, 5.41) is 12.1. The summed E-state index contributed by atoms with van der Waals surface area (Å²) in [5.74, 6) is 0.0517. The minimum absolute atomic E-state index is 0.0223. The molecule has 0 radical (unpaired) electrons. The van der Waals surface area contributed by atoms with Crippen LogP contribution in [0.3, 0.4) is 0 Å². The van der Waals surface area contributed by atoms with E-state index in [0.29, 0.717) is 56.0 Å². The Hall–Kier alpha value is -2.24. The summed E-state index contributed by atoms with van der Waals surface area (Å²) in [6.45, 7) is 5.22. The number of carboxylic acids is 1. The van der Waals surface area contributed by atoms with Crippen LogP contribution in [-0.2, 0) is 4.79 Å². The maximum absolute atomic E-state index is 12.6. The van der Waals surface area contributed by atoms with Crippen molar-refractivity contribution in [3.63, 3.8) is 0 Å². The molecule has 1 aliphatic rings. The molecule has 1 amide bonds. The van der Waals surface area contributed by atoms with Crippen molar-refractivity contribution in [1.82, 2.24) is 5.32 Å². The minimum Gasteiger partial charge on any atom is -0.490 e. The Morgan fingerprint density at radius 3 is 2.23 bits per heavy atom. The Labute approximate surface area is 154 Å². The van der Waals surface area contributed by atoms with Crippen LogP contribution in [0.15, 0.2) is 18.2 Å². The Kier molecular flexibility index (Phi) is 7.75. The van der Waals surface area contributed by atoms with Gasteiger partial charge in [-0.1, -0.05) is 13.8 Å². The highest BCUT2D eigenvalue weighted by Crippen LogP contribution is 2.29. The van der Waals surface area contributed by atoms with Crippen LogP contribution in [0.2, 0.25) is 0 Å². The van der Waals surface area contributed by atoms with E-state index in [-0.39, 0.29) is 17.9 Å². The molecule has 1 fully saturated rings. The van der Waals surface area contributed by atoms with Gasteiger partial charge in [-0.3, -0.25) is 9.59 Å². The van der Waals surface area contributed by atoms with Crippen LogP contribution in [0.5, 0.6) is 11.5 Å². The molecule has 144 valence electrons. The van der Waals surface area contributed by atoms with E-state index in [4.69, 9.17) is 14.6 Å². The third kappa shape index (κ3) is 5.64. The zero-order chi connectivity index (χ0) is 18.9. The first-order chi connectivity index (χ1) is 12.5. The molecule has 1 aromatic rings. The molecule has 0 aliphatic heterocycles. The third-order valence-electron chi connectivity index (χ3n) is 4.54. The molecule has 1 aromatic carbocycles. The molecule has 6 heteroatoms. The second-order valence-electron chi connectivity index (χ2n) is 6.72. The summed E-state index contributed by atoms with van der Waals surface area (Å²) < 4.78 is 11.4. The van der Waals surface area contributed by atoms with Gasteiger partial charge in [-0.05, 0) is 56.7 Å². The maximum Gasteiger partial charge on any atom is 0.306 e. The van der Waals surface area contributed by atoms with Gasteiger partial charge in [0.15, 0.2) is 11.5 Å². The third-order valence-corrected chi connectivity index (χ3v) is 4.54. The summed E-state index contributed by atoms with van der Waals surface area (Å²) in [6.07, 6.45) is 4.37. The molecular formula is C20H29NO5. The summed E-state index contributed by atoms with van der Waals surface area (Å²) in [7, 11) is 0. The van der Waals surface area contributed by atoms with Crippen LogP contribution in [-0.4, -0.2) is 36.2 Å². The van der Waals surface area contributed by atoms with Crippen LogP contribution >= 0.6 is 0 Å². The van der Waals surface area contributed by atoms with Crippen molar-refractivity contribution in [3.8, 4) is 11.5 Å². The predicted molar refractivity (Wildman–Crippen MR) is 98.9 cm³/mol. The van der Waals surface area contributed by atoms with Crippen molar-refractivity contribution in [2.24, 2.45) is 5.92 Å². The fourth-order valence-corrected chi connectivity index (χ4v) is 3.06. The summed E-state index contributed by atoms with van der Waals surface area (Å²) in [6, 6.07) is 5.26. The number of amides is 1. The van der Waals surface area contributed by atoms with Crippen LogP contribution < -0.4 is 14.8 Å². The highest BCUT2D eigenvalue weighted by Gasteiger charge is 2.27. The monoisotopic (exact) mass is 363 g/mol. The Balaban J connectivity index is 2.00. The van der Waals surface area contributed by atoms with E-state index in [1.54, 1.807) is 18.2 Å². The largest absolute Gasteiger partial charge is 0.490 e. The van der Waals surface area contributed by atoms with Crippen molar-refractivity contribution in [1.29, 1.82) is 0 Å². The number of hydrogen-bond donors (Lipinski definition) is 2. The number of carboxylic acid groups (broad SMARTS) is 1. The van der Waals surface area contributed by atoms with Crippen LogP contribution in [0.4, 0.5) is 0 Å². The highest BCUT2D eigenvalue weighted by atomic mass is 16.5. The Morgan fingerprint density at radius 2 is 1.65 bits per heavy atom. The fourth-order valence-electron chi connectivity index (χ4n) is 3.06. The van der Waals surface area contributed by atoms with Gasteiger partial charge in [0, 0.05) is 11.6 Å². The average Bonchev–Trinajstić information content (AvgIpc) is 2.65. The first-order valence-corrected chi connectivity index (χ1v) is 9.48. The summed E-state index contributed by atoms with van der Waals surface area (Å²) in [5.41, 5.74) is 0.528. The topological polar surface area (TPSA) is 84.9 Å². The lowest BCUT2D eigenvalue weighted by molar-refractivity contribution is -0.142. The number of nitrogens with one attached hydrogen (secondary N) is 1. The summed E-state index contributed by atoms with van der Waals surface area (Å²) in [4.78, 5) is 23.6. The van der Waals surface area contributed by atoms with Crippen molar-refractivity contribution in [3.05, 3.63) is 23.8 Å². The van der Waals surface area contributed by atoms with Crippen LogP contribution in [0, 0.1) is 5.92 Å². The van der Waals surface area contributed by atoms with Gasteiger partial charge in [-0.2, -0.15) is 0 Å². The Bertz CT molecular complexity index is 608. The summed E-state index contributed by atoms with van der Waals surface area (Å²) >= 11 is 0. The molecule has 0 atom stereocenters. The van der Waals surface area contributed by atoms with E-state index in [2.05, 4.69) is 5.32 Å². The fraction of sp³-hybridized carbons (Fsp3) is 0.600. The molecule has 1 aliphatic carbocycles. The smallest absolute Gasteiger partial charge is 0.306 e. The second-order valence-corrected chi connectivity index (χ2v) is 6.72. The van der Waals surface area contributed by atoms with Crippen molar-refractivity contribution in [2.45, 2.75) is 58.4 Å². The first kappa shape index (κ1) is 20.1. The van der Waals surface area contributed by atoms with Crippen molar-refractivity contribution < 1.29 is 24.2 Å². The first-order valence-electron chi connectivity index (χ1n) is 9.48. The number of ether oxygens (including phenoxy) is 2. The van der Waals surface area contributed by atoms with E-state index in [1.807, 2.05) is 13.8 Å². The molecule has 0 spiro atoms. The highest BCUT2D eigenvalue weighted by molar-refractivity contribution is 5.95. The molecule has 2 N–H and O–H groups in total. The van der Waals surface area contributed by atoms with Crippen molar-refractivity contribution >= 4 is 11.9 Å². The van der Waals surface area contributed by atoms with Gasteiger partial charge in [-0.15, -0.1) is 0 Å². The van der Waals surface area contributed by atoms with E-state index in [1.165, 1.54) is 0 Å². The molecular weight excluding hydrogens is 334 g/mol. The molecule has 0 aromatic heterocycles. The molecule has 2 rings (SSSR count). The molecule has 1 saturated carbocycles. The quantitative estimate of drug-likeness (QED) is 0.700. The predicted octanol–water partition coefficient (Wildman–Crippen LogP) is 3.64. The number of aliphatic carboxylic acids is 1. The lowest BCUT2D eigenvalue weighted by atomic mass is 9.86. The maximum atomic E-state index is 12.6. The van der Waals surface area contributed by atoms with Crippen LogP contribution in [0.25, 0.3) is 0 Å². The lowest BCUT2D eigenvalue weighted by Gasteiger charge is -2.27. The second kappa shape index (κ2) is 10.0. The molecule has 26 heavy (non-hydrogen) atoms. The number of hydrogen-bond acceptors (Lipinski definition) is 4. The molecule has 0 unspecified atom stereocenters. The van der Waals surface area contributed by atoms with Gasteiger partial charge >= 0.3 is 5.97 Å². The number of benzene rings is 1. The number of carbonyl (C=O) groups excluding carboxylic acids is 1. The van der Waals surface area contributed by atoms with Gasteiger partial charge in [0.1, 0.15) is 0 Å². The SMILES string of the molecule is CCCOc1ccc(C(=O)NC2CCC(C(=O)O)CC2)cc1OCCC. The van der Waals surface area contributed by atoms with Gasteiger partial charge in [0.2, 0.25) is 0 Å². The van der Waals surface area contributed by atoms with Crippen molar-refractivity contribution in [2.75, 3.05) is 13.2 Å². The minimum atomic E-state index is -0.741. The zero-order valence-corrected chi connectivity index (χ0v) is 15.6. The zero-order valence-electron chi connectivity index (χ0n) is 15.6. The van der Waals surface area contributed by atoms with E-state index >= 15 is 0 Å². The number of rotatable bonds is 9. The van der Waals surface area contributed by atoms with E-state index in [0.717, 1.165) is 12.8 Å². The van der Waals surface area contributed by atoms with E-state index in [9.17, 15) is 9.59 Å².